The summed E-state index contributed by atoms with van der Waals surface area (Å²) in [6.07, 6.45) is 5.53. The van der Waals surface area contributed by atoms with Gasteiger partial charge in [-0.15, -0.1) is 0 Å². The number of para-hydroxylation sites is 1. The summed E-state index contributed by atoms with van der Waals surface area (Å²) in [6.45, 7) is 2.79. The molecule has 0 saturated carbocycles. The smallest absolute Gasteiger partial charge is 0.120 e. The molecule has 0 spiro atoms. The number of benzene rings is 2. The number of aryl methyl sites for hydroxylation is 1. The van der Waals surface area contributed by atoms with E-state index in [1.807, 2.05) is 24.4 Å². The topological polar surface area (TPSA) is 25.0 Å². The van der Waals surface area contributed by atoms with E-state index in [-0.39, 0.29) is 0 Å². The predicted octanol–water partition coefficient (Wildman–Crippen LogP) is 4.89. The highest BCUT2D eigenvalue weighted by atomic mass is 16.5. The van der Waals surface area contributed by atoms with Gasteiger partial charge in [-0.05, 0) is 42.7 Å². The second-order valence-electron chi connectivity index (χ2n) is 5.33. The van der Waals surface area contributed by atoms with Crippen molar-refractivity contribution in [2.75, 3.05) is 0 Å². The number of nitrogens with one attached hydrogen (secondary N) is 1. The first-order chi connectivity index (χ1) is 10.4. The molecule has 2 aromatic carbocycles. The van der Waals surface area contributed by atoms with Crippen molar-refractivity contribution in [2.45, 2.75) is 32.8 Å². The van der Waals surface area contributed by atoms with E-state index in [9.17, 15) is 0 Å². The summed E-state index contributed by atoms with van der Waals surface area (Å²) in [5, 5.41) is 1.23. The Morgan fingerprint density at radius 3 is 3.00 bits per heavy atom. The van der Waals surface area contributed by atoms with Gasteiger partial charge in [0.15, 0.2) is 0 Å². The lowest BCUT2D eigenvalue weighted by molar-refractivity contribution is 0.307. The molecule has 2 heteroatoms. The van der Waals surface area contributed by atoms with Crippen molar-refractivity contribution in [1.82, 2.24) is 4.98 Å². The van der Waals surface area contributed by atoms with E-state index in [1.54, 1.807) is 0 Å². The van der Waals surface area contributed by atoms with Crippen molar-refractivity contribution < 1.29 is 4.74 Å². The van der Waals surface area contributed by atoms with Crippen LogP contribution in [0.15, 0.2) is 48.7 Å². The summed E-state index contributed by atoms with van der Waals surface area (Å²) < 4.78 is 5.93. The number of aromatic amines is 1. The number of H-pyrrole nitrogens is 1. The molecule has 0 aliphatic rings. The number of ether oxygens (including phenoxy) is 1. The summed E-state index contributed by atoms with van der Waals surface area (Å²) in [7, 11) is 0. The minimum Gasteiger partial charge on any atom is -0.489 e. The van der Waals surface area contributed by atoms with Crippen LogP contribution in [0.5, 0.6) is 5.75 Å². The molecular weight excluding hydrogens is 258 g/mol. The number of rotatable bonds is 6. The fraction of sp³-hybridized carbons (Fsp3) is 0.263. The van der Waals surface area contributed by atoms with Gasteiger partial charge in [0.25, 0.3) is 0 Å². The van der Waals surface area contributed by atoms with Gasteiger partial charge in [-0.3, -0.25) is 0 Å². The van der Waals surface area contributed by atoms with Gasteiger partial charge in [-0.25, -0.2) is 0 Å². The molecule has 21 heavy (non-hydrogen) atoms. The van der Waals surface area contributed by atoms with Crippen molar-refractivity contribution >= 4 is 10.9 Å². The molecule has 107 valence electrons. The normalized spacial score (nSPS) is 10.9. The Morgan fingerprint density at radius 1 is 1.19 bits per heavy atom. The molecule has 1 aromatic heterocycles. The molecule has 2 nitrogen and oxygen atoms in total. The van der Waals surface area contributed by atoms with E-state index in [1.165, 1.54) is 29.4 Å². The van der Waals surface area contributed by atoms with Gasteiger partial charge >= 0.3 is 0 Å². The van der Waals surface area contributed by atoms with Gasteiger partial charge < -0.3 is 9.72 Å². The molecule has 0 bridgehead atoms. The van der Waals surface area contributed by atoms with Gasteiger partial charge in [-0.1, -0.05) is 37.6 Å². The Morgan fingerprint density at radius 2 is 2.10 bits per heavy atom. The van der Waals surface area contributed by atoms with Gasteiger partial charge in [-0.2, -0.15) is 0 Å². The number of fused-ring (bicyclic) bond motifs is 1. The zero-order chi connectivity index (χ0) is 14.5. The average Bonchev–Trinajstić information content (AvgIpc) is 2.95. The zero-order valence-corrected chi connectivity index (χ0v) is 12.4. The molecule has 0 unspecified atom stereocenters. The van der Waals surface area contributed by atoms with Crippen LogP contribution < -0.4 is 4.74 Å². The predicted molar refractivity (Wildman–Crippen MR) is 86.5 cm³/mol. The van der Waals surface area contributed by atoms with Crippen molar-refractivity contribution in [1.29, 1.82) is 0 Å². The first kappa shape index (κ1) is 13.7. The highest BCUT2D eigenvalue weighted by Crippen LogP contribution is 2.21. The summed E-state index contributed by atoms with van der Waals surface area (Å²) in [4.78, 5) is 3.28. The summed E-state index contributed by atoms with van der Waals surface area (Å²) >= 11 is 0. The molecule has 1 heterocycles. The van der Waals surface area contributed by atoms with Gasteiger partial charge in [0.05, 0.1) is 0 Å². The van der Waals surface area contributed by atoms with Crippen LogP contribution in [0.25, 0.3) is 10.9 Å². The molecule has 1 N–H and O–H groups in total. The van der Waals surface area contributed by atoms with E-state index in [0.717, 1.165) is 17.7 Å². The monoisotopic (exact) mass is 278 g/mol. The third-order valence-electron chi connectivity index (χ3n) is 3.71. The molecule has 0 atom stereocenters. The maximum Gasteiger partial charge on any atom is 0.120 e. The first-order valence-electron chi connectivity index (χ1n) is 7.54. The zero-order valence-electron chi connectivity index (χ0n) is 12.4. The lowest BCUT2D eigenvalue weighted by Crippen LogP contribution is -1.95. The number of aromatic nitrogens is 1. The Hall–Kier alpha value is -2.22. The molecule has 3 aromatic rings. The Labute approximate surface area is 125 Å². The average molecular weight is 278 g/mol. The lowest BCUT2D eigenvalue weighted by atomic mass is 10.1. The lowest BCUT2D eigenvalue weighted by Gasteiger charge is -2.07. The molecule has 0 amide bonds. The quantitative estimate of drug-likeness (QED) is 0.682. The minimum absolute atomic E-state index is 0.578. The molecule has 0 aliphatic carbocycles. The number of unbranched alkanes of at least 4 members (excludes halogenated alkanes) is 1. The van der Waals surface area contributed by atoms with E-state index in [4.69, 9.17) is 4.74 Å². The highest BCUT2D eigenvalue weighted by molar-refractivity contribution is 5.82. The van der Waals surface area contributed by atoms with E-state index < -0.39 is 0 Å². The van der Waals surface area contributed by atoms with Crippen LogP contribution >= 0.6 is 0 Å². The SMILES string of the molecule is CCCCc1c[c]cc(OCc2c[nH]c3ccccc23)c1. The first-order valence-corrected chi connectivity index (χ1v) is 7.54. The van der Waals surface area contributed by atoms with Gasteiger partial charge in [0.2, 0.25) is 0 Å². The van der Waals surface area contributed by atoms with Crippen LogP contribution in [-0.4, -0.2) is 4.98 Å². The fourth-order valence-corrected chi connectivity index (χ4v) is 2.52. The van der Waals surface area contributed by atoms with Crippen LogP contribution in [0.4, 0.5) is 0 Å². The van der Waals surface area contributed by atoms with E-state index in [2.05, 4.69) is 42.2 Å². The van der Waals surface area contributed by atoms with Crippen LogP contribution in [0.3, 0.4) is 0 Å². The number of hydrogen-bond acceptors (Lipinski definition) is 1. The third-order valence-corrected chi connectivity index (χ3v) is 3.71. The molecule has 3 rings (SSSR count). The molecular formula is C19H20NO. The summed E-state index contributed by atoms with van der Waals surface area (Å²) in [5.41, 5.74) is 3.64. The highest BCUT2D eigenvalue weighted by Gasteiger charge is 2.04. The number of hydrogen-bond donors (Lipinski definition) is 1. The van der Waals surface area contributed by atoms with Crippen LogP contribution in [0.2, 0.25) is 0 Å². The molecule has 0 aliphatic heterocycles. The Kier molecular flexibility index (Phi) is 4.25. The Bertz CT molecular complexity index is 714. The van der Waals surface area contributed by atoms with Crippen molar-refractivity contribution in [3.8, 4) is 5.75 Å². The Balaban J connectivity index is 1.70. The second-order valence-corrected chi connectivity index (χ2v) is 5.33. The fourth-order valence-electron chi connectivity index (χ4n) is 2.52. The maximum absolute atomic E-state index is 5.93. The standard InChI is InChI=1S/C19H20NO/c1-2-3-7-15-8-6-9-17(12-15)21-14-16-13-20-19-11-5-4-10-18(16)19/h4-5,8-13,20H,2-3,7,14H2,1H3. The molecule has 0 saturated heterocycles. The van der Waals surface area contributed by atoms with Crippen LogP contribution in [0.1, 0.15) is 30.9 Å². The van der Waals surface area contributed by atoms with Crippen molar-refractivity contribution in [3.05, 3.63) is 65.9 Å². The third kappa shape index (κ3) is 3.27. The minimum atomic E-state index is 0.578. The van der Waals surface area contributed by atoms with Crippen LogP contribution in [-0.2, 0) is 13.0 Å². The molecule has 0 fully saturated rings. The van der Waals surface area contributed by atoms with Crippen LogP contribution in [0, 0.1) is 6.07 Å². The van der Waals surface area contributed by atoms with Gasteiger partial charge in [0.1, 0.15) is 12.4 Å². The molecule has 1 radical (unpaired) electrons. The summed E-state index contributed by atoms with van der Waals surface area (Å²) in [6, 6.07) is 17.5. The van der Waals surface area contributed by atoms with Crippen molar-refractivity contribution in [2.24, 2.45) is 0 Å². The summed E-state index contributed by atoms with van der Waals surface area (Å²) in [5.74, 6) is 0.897. The van der Waals surface area contributed by atoms with E-state index in [0.29, 0.717) is 6.61 Å². The van der Waals surface area contributed by atoms with Crippen molar-refractivity contribution in [3.63, 3.8) is 0 Å². The maximum atomic E-state index is 5.93. The van der Waals surface area contributed by atoms with E-state index >= 15 is 0 Å². The second kappa shape index (κ2) is 6.49. The largest absolute Gasteiger partial charge is 0.489 e. The van der Waals surface area contributed by atoms with Gasteiger partial charge in [0, 0.05) is 22.7 Å².